The largest absolute Gasteiger partial charge is 0.289 e. The third kappa shape index (κ3) is 2.08. The Bertz CT molecular complexity index is 69.2. The summed E-state index contributed by atoms with van der Waals surface area (Å²) in [6, 6.07) is 0. The monoisotopic (exact) mass is 149 g/mol. The Morgan fingerprint density at radius 2 is 2.33 bits per heavy atom. The summed E-state index contributed by atoms with van der Waals surface area (Å²) in [5, 5.41) is 0.0799. The summed E-state index contributed by atoms with van der Waals surface area (Å²) in [5.74, 6) is -0.546. The van der Waals surface area contributed by atoms with Crippen molar-refractivity contribution in [2.45, 2.75) is 0 Å². The highest BCUT2D eigenvalue weighted by Crippen LogP contribution is 1.75. The van der Waals surface area contributed by atoms with Gasteiger partial charge >= 0.3 is 0 Å². The molecule has 0 aromatic carbocycles. The minimum absolute atomic E-state index is 0.0799. The van der Waals surface area contributed by atoms with Crippen molar-refractivity contribution in [2.75, 3.05) is 5.33 Å². The van der Waals surface area contributed by atoms with E-state index >= 15 is 0 Å². The van der Waals surface area contributed by atoms with Gasteiger partial charge in [-0.1, -0.05) is 15.9 Å². The molecule has 0 aliphatic rings. The lowest BCUT2D eigenvalue weighted by molar-refractivity contribution is -0.110. The first-order chi connectivity index (χ1) is 2.81. The van der Waals surface area contributed by atoms with Gasteiger partial charge in [-0.15, -0.1) is 0 Å². The second-order valence-electron chi connectivity index (χ2n) is 0.659. The zero-order chi connectivity index (χ0) is 4.99. The first-order valence-electron chi connectivity index (χ1n) is 1.28. The summed E-state index contributed by atoms with van der Waals surface area (Å²) in [4.78, 5) is 18.9. The van der Waals surface area contributed by atoms with Crippen LogP contribution in [-0.4, -0.2) is 17.4 Å². The van der Waals surface area contributed by atoms with Crippen molar-refractivity contribution in [1.82, 2.24) is 0 Å². The molecule has 1 radical (unpaired) electrons. The summed E-state index contributed by atoms with van der Waals surface area (Å²) in [7, 11) is 0. The second-order valence-corrected chi connectivity index (χ2v) is 1.22. The highest BCUT2D eigenvalue weighted by Gasteiger charge is 1.91. The molecule has 0 N–H and O–H groups in total. The minimum Gasteiger partial charge on any atom is -0.289 e. The van der Waals surface area contributed by atoms with Crippen molar-refractivity contribution in [3.8, 4) is 0 Å². The SMILES string of the molecule is O=[C]C(=O)CBr. The maximum absolute atomic E-state index is 9.71. The molecule has 0 aromatic heterocycles. The van der Waals surface area contributed by atoms with E-state index in [9.17, 15) is 9.59 Å². The number of carbonyl (C=O) groups is 1. The molecule has 0 amide bonds. The number of hydrogen-bond acceptors (Lipinski definition) is 2. The summed E-state index contributed by atoms with van der Waals surface area (Å²) >= 11 is 2.76. The van der Waals surface area contributed by atoms with Crippen LogP contribution >= 0.6 is 15.9 Å². The first-order valence-corrected chi connectivity index (χ1v) is 2.40. The fraction of sp³-hybridized carbons (Fsp3) is 0.333. The molecule has 0 saturated heterocycles. The molecule has 0 unspecified atom stereocenters. The molecule has 0 bridgehead atoms. The van der Waals surface area contributed by atoms with Crippen LogP contribution < -0.4 is 0 Å². The van der Waals surface area contributed by atoms with Gasteiger partial charge in [0.25, 0.3) is 6.29 Å². The molecule has 6 heavy (non-hydrogen) atoms. The molecule has 0 spiro atoms. The van der Waals surface area contributed by atoms with E-state index in [1.807, 2.05) is 0 Å². The third-order valence-corrected chi connectivity index (χ3v) is 0.744. The molecule has 0 rings (SSSR count). The predicted octanol–water partition coefficient (Wildman–Crippen LogP) is 0.0601. The summed E-state index contributed by atoms with van der Waals surface area (Å²) in [5.41, 5.74) is 0. The van der Waals surface area contributed by atoms with Crippen LogP contribution in [0.3, 0.4) is 0 Å². The lowest BCUT2D eigenvalue weighted by Gasteiger charge is -1.67. The van der Waals surface area contributed by atoms with Gasteiger partial charge in [-0.3, -0.25) is 9.59 Å². The van der Waals surface area contributed by atoms with Crippen molar-refractivity contribution in [2.24, 2.45) is 0 Å². The van der Waals surface area contributed by atoms with E-state index in [2.05, 4.69) is 15.9 Å². The number of alkyl halides is 1. The highest BCUT2D eigenvalue weighted by atomic mass is 79.9. The lowest BCUT2D eigenvalue weighted by Crippen LogP contribution is -1.97. The van der Waals surface area contributed by atoms with Gasteiger partial charge in [-0.25, -0.2) is 0 Å². The van der Waals surface area contributed by atoms with E-state index in [1.54, 1.807) is 0 Å². The van der Waals surface area contributed by atoms with Crippen molar-refractivity contribution in [3.63, 3.8) is 0 Å². The van der Waals surface area contributed by atoms with Gasteiger partial charge in [0.15, 0.2) is 0 Å². The average molecular weight is 150 g/mol. The summed E-state index contributed by atoms with van der Waals surface area (Å²) < 4.78 is 0. The molecule has 0 heterocycles. The fourth-order valence-corrected chi connectivity index (χ4v) is 0.142. The number of ketones is 1. The van der Waals surface area contributed by atoms with Crippen molar-refractivity contribution in [1.29, 1.82) is 0 Å². The smallest absolute Gasteiger partial charge is 0.273 e. The predicted molar refractivity (Wildman–Crippen MR) is 24.5 cm³/mol. The topological polar surface area (TPSA) is 34.1 Å². The van der Waals surface area contributed by atoms with E-state index in [0.29, 0.717) is 0 Å². The van der Waals surface area contributed by atoms with Crippen LogP contribution in [0, 0.1) is 0 Å². The second kappa shape index (κ2) is 3.03. The molecular formula is C3H2BrO2. The molecule has 2 nitrogen and oxygen atoms in total. The van der Waals surface area contributed by atoms with E-state index in [0.717, 1.165) is 0 Å². The third-order valence-electron chi connectivity index (χ3n) is 0.235. The van der Waals surface area contributed by atoms with Gasteiger partial charge in [0.2, 0.25) is 5.78 Å². The average Bonchev–Trinajstić information content (AvgIpc) is 1.65. The Morgan fingerprint density at radius 3 is 2.33 bits per heavy atom. The van der Waals surface area contributed by atoms with Crippen LogP contribution in [0.2, 0.25) is 0 Å². The molecule has 3 heteroatoms. The van der Waals surface area contributed by atoms with Gasteiger partial charge in [0.05, 0.1) is 5.33 Å². The van der Waals surface area contributed by atoms with Crippen LogP contribution in [-0.2, 0) is 9.59 Å². The van der Waals surface area contributed by atoms with Crippen LogP contribution in [0.25, 0.3) is 0 Å². The van der Waals surface area contributed by atoms with E-state index < -0.39 is 5.78 Å². The Labute approximate surface area is 43.7 Å². The quantitative estimate of drug-likeness (QED) is 0.412. The van der Waals surface area contributed by atoms with Gasteiger partial charge in [-0.2, -0.15) is 0 Å². The Hall–Kier alpha value is -0.180. The van der Waals surface area contributed by atoms with Gasteiger partial charge in [-0.05, 0) is 0 Å². The van der Waals surface area contributed by atoms with Crippen LogP contribution in [0.5, 0.6) is 0 Å². The normalized spacial score (nSPS) is 7.50. The molecule has 0 aromatic rings. The number of Topliss-reactive ketones (excluding diaryl/α,β-unsaturated/α-hetero) is 1. The molecule has 0 aliphatic carbocycles. The van der Waals surface area contributed by atoms with E-state index in [4.69, 9.17) is 0 Å². The van der Waals surface area contributed by atoms with Crippen molar-refractivity contribution in [3.05, 3.63) is 0 Å². The standard InChI is InChI=1S/C3H2BrO2/c4-1-3(6)2-5/h1H2. The number of rotatable bonds is 2. The zero-order valence-corrected chi connectivity index (χ0v) is 4.49. The molecule has 0 fully saturated rings. The Balaban J connectivity index is 3.23. The number of hydrogen-bond donors (Lipinski definition) is 0. The maximum atomic E-state index is 9.71. The van der Waals surface area contributed by atoms with Crippen molar-refractivity contribution < 1.29 is 9.59 Å². The molecule has 0 aliphatic heterocycles. The number of halogens is 1. The number of carbonyl (C=O) groups excluding carboxylic acids is 2. The van der Waals surface area contributed by atoms with E-state index in [-0.39, 0.29) is 5.33 Å². The van der Waals surface area contributed by atoms with Crippen LogP contribution in [0.15, 0.2) is 0 Å². The zero-order valence-electron chi connectivity index (χ0n) is 2.90. The molecule has 33 valence electrons. The first kappa shape index (κ1) is 5.82. The maximum Gasteiger partial charge on any atom is 0.273 e. The lowest BCUT2D eigenvalue weighted by atomic mass is 10.5. The van der Waals surface area contributed by atoms with Gasteiger partial charge < -0.3 is 0 Å². The Kier molecular flexibility index (Phi) is 2.94. The molecular weight excluding hydrogens is 148 g/mol. The Morgan fingerprint density at radius 1 is 1.83 bits per heavy atom. The van der Waals surface area contributed by atoms with Crippen LogP contribution in [0.1, 0.15) is 0 Å². The van der Waals surface area contributed by atoms with Crippen LogP contribution in [0.4, 0.5) is 0 Å². The molecule has 0 atom stereocenters. The van der Waals surface area contributed by atoms with Gasteiger partial charge in [0, 0.05) is 0 Å². The summed E-state index contributed by atoms with van der Waals surface area (Å²) in [6.45, 7) is 0. The van der Waals surface area contributed by atoms with Gasteiger partial charge in [0.1, 0.15) is 0 Å². The fourth-order valence-electron chi connectivity index (χ4n) is 0.0273. The van der Waals surface area contributed by atoms with Crippen molar-refractivity contribution >= 4 is 28.0 Å². The van der Waals surface area contributed by atoms with E-state index in [1.165, 1.54) is 6.29 Å². The molecule has 0 saturated carbocycles. The summed E-state index contributed by atoms with van der Waals surface area (Å²) in [6.07, 6.45) is 1.18. The minimum atomic E-state index is -0.546. The highest BCUT2D eigenvalue weighted by molar-refractivity contribution is 9.09.